The maximum atomic E-state index is 12.6. The molecule has 0 fully saturated rings. The minimum Gasteiger partial charge on any atom is -0.388 e. The van der Waals surface area contributed by atoms with Gasteiger partial charge < -0.3 is 5.73 Å². The Morgan fingerprint density at radius 2 is 2.11 bits per heavy atom. The summed E-state index contributed by atoms with van der Waals surface area (Å²) in [5.41, 5.74) is 5.18. The predicted molar refractivity (Wildman–Crippen MR) is 79.4 cm³/mol. The lowest BCUT2D eigenvalue weighted by atomic mass is 10.0. The lowest BCUT2D eigenvalue weighted by Gasteiger charge is -2.33. The third-order valence-electron chi connectivity index (χ3n) is 3.36. The van der Waals surface area contributed by atoms with Gasteiger partial charge >= 0.3 is 0 Å². The lowest BCUT2D eigenvalue weighted by molar-refractivity contribution is 0.257. The second kappa shape index (κ2) is 5.52. The van der Waals surface area contributed by atoms with Gasteiger partial charge in [-0.25, -0.2) is 8.42 Å². The van der Waals surface area contributed by atoms with Gasteiger partial charge in [0.2, 0.25) is 10.0 Å². The summed E-state index contributed by atoms with van der Waals surface area (Å²) in [4.78, 5) is 3.98. The van der Waals surface area contributed by atoms with Gasteiger partial charge in [-0.05, 0) is 32.4 Å². The summed E-state index contributed by atoms with van der Waals surface area (Å²) in [5.74, 6) is 0. The smallest absolute Gasteiger partial charge is 0.245 e. The molecule has 0 atom stereocenters. The van der Waals surface area contributed by atoms with E-state index in [1.165, 1.54) is 16.6 Å². The second-order valence-corrected chi connectivity index (χ2v) is 7.23. The molecule has 0 aliphatic carbocycles. The molecule has 0 saturated heterocycles. The maximum Gasteiger partial charge on any atom is 0.245 e. The fourth-order valence-electron chi connectivity index (χ4n) is 1.48. The number of nitrogens with two attached hydrogens (primary N) is 1. The minimum absolute atomic E-state index is 0.0260. The molecule has 0 aliphatic rings. The van der Waals surface area contributed by atoms with Gasteiger partial charge in [0, 0.05) is 18.8 Å². The van der Waals surface area contributed by atoms with E-state index < -0.39 is 15.6 Å². The fraction of sp³-hybridized carbons (Fsp3) is 0.500. The van der Waals surface area contributed by atoms with Gasteiger partial charge in [0.25, 0.3) is 0 Å². The van der Waals surface area contributed by atoms with Crippen LogP contribution in [0.5, 0.6) is 0 Å². The van der Waals surface area contributed by atoms with E-state index in [2.05, 4.69) is 4.98 Å². The van der Waals surface area contributed by atoms with Gasteiger partial charge in [0.1, 0.15) is 15.6 Å². The van der Waals surface area contributed by atoms with Gasteiger partial charge in [-0.3, -0.25) is 4.98 Å². The first-order valence-electron chi connectivity index (χ1n) is 5.88. The van der Waals surface area contributed by atoms with Crippen molar-refractivity contribution in [1.29, 1.82) is 0 Å². The van der Waals surface area contributed by atoms with Gasteiger partial charge in [0.15, 0.2) is 0 Å². The molecular formula is C12H19N3O2S2. The van der Waals surface area contributed by atoms with Crippen LogP contribution in [0.25, 0.3) is 0 Å². The number of pyridine rings is 1. The normalized spacial score (nSPS) is 12.7. The Morgan fingerprint density at radius 1 is 1.53 bits per heavy atom. The Bertz CT molecular complexity index is 582. The molecule has 1 heterocycles. The van der Waals surface area contributed by atoms with E-state index in [0.29, 0.717) is 6.42 Å². The summed E-state index contributed by atoms with van der Waals surface area (Å²) >= 11 is 4.86. The maximum absolute atomic E-state index is 12.6. The third kappa shape index (κ3) is 3.10. The summed E-state index contributed by atoms with van der Waals surface area (Å²) in [6.07, 6.45) is 2.16. The molecular weight excluding hydrogens is 282 g/mol. The molecule has 1 rings (SSSR count). The molecule has 2 N–H and O–H groups in total. The van der Waals surface area contributed by atoms with Crippen LogP contribution in [-0.4, -0.2) is 35.3 Å². The zero-order valence-corrected chi connectivity index (χ0v) is 13.2. The summed E-state index contributed by atoms with van der Waals surface area (Å²) in [7, 11) is -2.13. The molecule has 0 aliphatic heterocycles. The van der Waals surface area contributed by atoms with Crippen LogP contribution in [-0.2, 0) is 10.0 Å². The monoisotopic (exact) mass is 301 g/mol. The van der Waals surface area contributed by atoms with Crippen LogP contribution in [0.3, 0.4) is 0 Å². The molecule has 7 heteroatoms. The Morgan fingerprint density at radius 3 is 2.58 bits per heavy atom. The Balaban J connectivity index is 3.41. The molecule has 0 saturated carbocycles. The van der Waals surface area contributed by atoms with Crippen molar-refractivity contribution in [3.8, 4) is 0 Å². The molecule has 1 aromatic heterocycles. The van der Waals surface area contributed by atoms with Crippen LogP contribution in [0.2, 0.25) is 0 Å². The zero-order valence-electron chi connectivity index (χ0n) is 11.5. The van der Waals surface area contributed by atoms with E-state index in [9.17, 15) is 8.42 Å². The van der Waals surface area contributed by atoms with Gasteiger partial charge in [0.05, 0.1) is 0 Å². The quantitative estimate of drug-likeness (QED) is 0.835. The molecule has 106 valence electrons. The van der Waals surface area contributed by atoms with Crippen molar-refractivity contribution < 1.29 is 8.42 Å². The SMILES string of the molecule is CCC(C)(C)N(C)S(=O)(=O)c1cccnc1C(N)=S. The van der Waals surface area contributed by atoms with Crippen LogP contribution in [0, 0.1) is 0 Å². The molecule has 0 unspecified atom stereocenters. The largest absolute Gasteiger partial charge is 0.388 e. The topological polar surface area (TPSA) is 76.3 Å². The van der Waals surface area contributed by atoms with E-state index in [1.54, 1.807) is 13.1 Å². The van der Waals surface area contributed by atoms with Crippen LogP contribution in [0.4, 0.5) is 0 Å². The number of sulfonamides is 1. The van der Waals surface area contributed by atoms with E-state index in [-0.39, 0.29) is 15.6 Å². The van der Waals surface area contributed by atoms with Crippen LogP contribution in [0.15, 0.2) is 23.2 Å². The summed E-state index contributed by atoms with van der Waals surface area (Å²) in [6, 6.07) is 3.03. The van der Waals surface area contributed by atoms with Crippen molar-refractivity contribution in [1.82, 2.24) is 9.29 Å². The van der Waals surface area contributed by atoms with Crippen LogP contribution >= 0.6 is 12.2 Å². The van der Waals surface area contributed by atoms with E-state index >= 15 is 0 Å². The standard InChI is InChI=1S/C12H19N3O2S2/c1-5-12(2,3)15(4)19(16,17)9-7-6-8-14-10(9)11(13)18/h6-8H,5H2,1-4H3,(H2,13,18). The number of thiocarbonyl (C=S) groups is 1. The van der Waals surface area contributed by atoms with Crippen LogP contribution in [0.1, 0.15) is 32.9 Å². The first kappa shape index (κ1) is 16.0. The van der Waals surface area contributed by atoms with Crippen LogP contribution < -0.4 is 5.73 Å². The molecule has 0 radical (unpaired) electrons. The lowest BCUT2D eigenvalue weighted by Crippen LogP contribution is -2.44. The number of rotatable bonds is 5. The first-order chi connectivity index (χ1) is 8.64. The number of nitrogens with zero attached hydrogens (tertiary/aromatic N) is 2. The van der Waals surface area contributed by atoms with Gasteiger partial charge in [-0.2, -0.15) is 4.31 Å². The second-order valence-electron chi connectivity index (χ2n) is 4.85. The molecule has 0 aromatic carbocycles. The first-order valence-corrected chi connectivity index (χ1v) is 7.73. The predicted octanol–water partition coefficient (Wildman–Crippen LogP) is 1.52. The average molecular weight is 301 g/mol. The molecule has 19 heavy (non-hydrogen) atoms. The highest BCUT2D eigenvalue weighted by molar-refractivity contribution is 7.89. The van der Waals surface area contributed by atoms with Crippen molar-refractivity contribution in [2.75, 3.05) is 7.05 Å². The van der Waals surface area contributed by atoms with Crippen molar-refractivity contribution in [2.24, 2.45) is 5.73 Å². The minimum atomic E-state index is -3.68. The molecule has 0 spiro atoms. The molecule has 5 nitrogen and oxygen atoms in total. The highest BCUT2D eigenvalue weighted by Gasteiger charge is 2.34. The number of hydrogen-bond acceptors (Lipinski definition) is 4. The Kier molecular flexibility index (Phi) is 4.65. The molecule has 1 aromatic rings. The zero-order chi connectivity index (χ0) is 14.8. The van der Waals surface area contributed by atoms with E-state index in [1.807, 2.05) is 20.8 Å². The average Bonchev–Trinajstić information content (AvgIpc) is 2.37. The van der Waals surface area contributed by atoms with Crippen molar-refractivity contribution in [3.63, 3.8) is 0 Å². The molecule has 0 amide bonds. The van der Waals surface area contributed by atoms with Crippen molar-refractivity contribution in [2.45, 2.75) is 37.6 Å². The summed E-state index contributed by atoms with van der Waals surface area (Å²) < 4.78 is 26.6. The highest BCUT2D eigenvalue weighted by atomic mass is 32.2. The third-order valence-corrected chi connectivity index (χ3v) is 5.65. The Hall–Kier alpha value is -1.05. The Labute approximate surface area is 119 Å². The summed E-state index contributed by atoms with van der Waals surface area (Å²) in [6.45, 7) is 5.66. The number of hydrogen-bond donors (Lipinski definition) is 1. The van der Waals surface area contributed by atoms with Crippen molar-refractivity contribution >= 4 is 27.2 Å². The van der Waals surface area contributed by atoms with Gasteiger partial charge in [-0.1, -0.05) is 19.1 Å². The molecule has 0 bridgehead atoms. The highest BCUT2D eigenvalue weighted by Crippen LogP contribution is 2.26. The van der Waals surface area contributed by atoms with E-state index in [4.69, 9.17) is 18.0 Å². The number of aromatic nitrogens is 1. The van der Waals surface area contributed by atoms with Crippen molar-refractivity contribution in [3.05, 3.63) is 24.0 Å². The van der Waals surface area contributed by atoms with E-state index in [0.717, 1.165) is 0 Å². The summed E-state index contributed by atoms with van der Waals surface area (Å²) in [5, 5.41) is 0. The van der Waals surface area contributed by atoms with Gasteiger partial charge in [-0.15, -0.1) is 0 Å². The fourth-order valence-corrected chi connectivity index (χ4v) is 3.44.